The van der Waals surface area contributed by atoms with Gasteiger partial charge in [-0.3, -0.25) is 20.4 Å². The molecule has 2 aromatic rings. The Morgan fingerprint density at radius 3 is 1.88 bits per heavy atom. The van der Waals surface area contributed by atoms with E-state index in [1.807, 2.05) is 0 Å². The number of rotatable bonds is 5. The molecule has 2 aromatic carbocycles. The number of carbonyl (C=O) groups is 2. The van der Waals surface area contributed by atoms with E-state index in [0.29, 0.717) is 11.1 Å². The highest BCUT2D eigenvalue weighted by atomic mass is 19.4. The van der Waals surface area contributed by atoms with Crippen molar-refractivity contribution in [1.82, 2.24) is 10.9 Å². The Morgan fingerprint density at radius 1 is 0.840 bits per heavy atom. The molecule has 0 spiro atoms. The van der Waals surface area contributed by atoms with Gasteiger partial charge >= 0.3 is 6.18 Å². The van der Waals surface area contributed by atoms with Crippen molar-refractivity contribution in [2.24, 2.45) is 0 Å². The maximum atomic E-state index is 12.0. The molecule has 25 heavy (non-hydrogen) atoms. The van der Waals surface area contributed by atoms with E-state index in [2.05, 4.69) is 15.6 Å². The molecular weight excluding hydrogens is 337 g/mol. The zero-order valence-electron chi connectivity index (χ0n) is 13.0. The lowest BCUT2D eigenvalue weighted by atomic mass is 10.1. The molecule has 132 valence electrons. The molecule has 0 atom stereocenters. The van der Waals surface area contributed by atoms with E-state index < -0.39 is 24.6 Å². The lowest BCUT2D eigenvalue weighted by Gasteiger charge is -2.09. The standard InChI is InChI=1S/C17H15F3N2O3/c18-17(19,20)11-25-10-12-6-8-14(9-7-12)16(24)22-21-15(23)13-4-2-1-3-5-13/h1-9H,10-11H2,(H,21,23)(H,22,24). The molecule has 0 saturated carbocycles. The zero-order chi connectivity index (χ0) is 18.3. The summed E-state index contributed by atoms with van der Waals surface area (Å²) in [4.78, 5) is 23.7. The third-order valence-corrected chi connectivity index (χ3v) is 3.08. The second-order valence-corrected chi connectivity index (χ2v) is 5.08. The molecule has 5 nitrogen and oxygen atoms in total. The van der Waals surface area contributed by atoms with Crippen molar-refractivity contribution in [3.8, 4) is 0 Å². The fraction of sp³-hybridized carbons (Fsp3) is 0.176. The number of hydrogen-bond donors (Lipinski definition) is 2. The third kappa shape index (κ3) is 6.27. The van der Waals surface area contributed by atoms with Crippen molar-refractivity contribution in [1.29, 1.82) is 0 Å². The molecule has 0 fully saturated rings. The Bertz CT molecular complexity index is 716. The number of halogens is 3. The summed E-state index contributed by atoms with van der Waals surface area (Å²) in [6.45, 7) is -1.55. The highest BCUT2D eigenvalue weighted by molar-refractivity contribution is 5.99. The Kier molecular flexibility index (Phi) is 6.13. The lowest BCUT2D eigenvalue weighted by molar-refractivity contribution is -0.176. The van der Waals surface area contributed by atoms with Gasteiger partial charge in [-0.25, -0.2) is 0 Å². The average Bonchev–Trinajstić information content (AvgIpc) is 2.59. The zero-order valence-corrected chi connectivity index (χ0v) is 13.0. The molecule has 0 aliphatic rings. The van der Waals surface area contributed by atoms with Crippen molar-refractivity contribution in [2.75, 3.05) is 6.61 Å². The number of ether oxygens (including phenoxy) is 1. The van der Waals surface area contributed by atoms with Gasteiger partial charge in [-0.05, 0) is 29.8 Å². The van der Waals surface area contributed by atoms with Gasteiger partial charge in [-0.1, -0.05) is 30.3 Å². The van der Waals surface area contributed by atoms with Crippen LogP contribution in [-0.2, 0) is 11.3 Å². The van der Waals surface area contributed by atoms with E-state index in [4.69, 9.17) is 0 Å². The van der Waals surface area contributed by atoms with Gasteiger partial charge in [0.1, 0.15) is 6.61 Å². The molecule has 0 saturated heterocycles. The Labute approximate surface area is 141 Å². The second kappa shape index (κ2) is 8.29. The largest absolute Gasteiger partial charge is 0.411 e. The van der Waals surface area contributed by atoms with Gasteiger partial charge in [0.25, 0.3) is 11.8 Å². The van der Waals surface area contributed by atoms with Gasteiger partial charge in [-0.15, -0.1) is 0 Å². The van der Waals surface area contributed by atoms with Gasteiger partial charge < -0.3 is 4.74 Å². The topological polar surface area (TPSA) is 67.4 Å². The number of hydrazine groups is 1. The molecule has 0 unspecified atom stereocenters. The summed E-state index contributed by atoms with van der Waals surface area (Å²) in [6.07, 6.45) is -4.38. The molecule has 2 N–H and O–H groups in total. The van der Waals surface area contributed by atoms with Crippen molar-refractivity contribution in [3.63, 3.8) is 0 Å². The number of amides is 2. The summed E-state index contributed by atoms with van der Waals surface area (Å²) >= 11 is 0. The van der Waals surface area contributed by atoms with Crippen LogP contribution in [0.4, 0.5) is 13.2 Å². The molecular formula is C17H15F3N2O3. The summed E-state index contributed by atoms with van der Waals surface area (Å²) in [5.41, 5.74) is 5.66. The predicted molar refractivity (Wildman–Crippen MR) is 83.5 cm³/mol. The number of alkyl halides is 3. The highest BCUT2D eigenvalue weighted by Gasteiger charge is 2.27. The summed E-state index contributed by atoms with van der Waals surface area (Å²) in [5, 5.41) is 0. The SMILES string of the molecule is O=C(NNC(=O)c1ccc(COCC(F)(F)F)cc1)c1ccccc1. The predicted octanol–water partition coefficient (Wildman–Crippen LogP) is 2.84. The fourth-order valence-electron chi connectivity index (χ4n) is 1.88. The van der Waals surface area contributed by atoms with E-state index in [1.54, 1.807) is 30.3 Å². The van der Waals surface area contributed by atoms with Crippen LogP contribution in [0.5, 0.6) is 0 Å². The Morgan fingerprint density at radius 2 is 1.36 bits per heavy atom. The second-order valence-electron chi connectivity index (χ2n) is 5.08. The van der Waals surface area contributed by atoms with Crippen molar-refractivity contribution >= 4 is 11.8 Å². The summed E-state index contributed by atoms with van der Waals surface area (Å²) < 4.78 is 40.5. The number of carbonyl (C=O) groups excluding carboxylic acids is 2. The molecule has 0 bridgehead atoms. The van der Waals surface area contributed by atoms with Crippen LogP contribution in [0.15, 0.2) is 54.6 Å². The van der Waals surface area contributed by atoms with Crippen LogP contribution in [-0.4, -0.2) is 24.6 Å². The van der Waals surface area contributed by atoms with Crippen molar-refractivity contribution in [3.05, 3.63) is 71.3 Å². The minimum atomic E-state index is -4.38. The van der Waals surface area contributed by atoms with E-state index >= 15 is 0 Å². The average molecular weight is 352 g/mol. The first-order valence-corrected chi connectivity index (χ1v) is 7.24. The van der Waals surface area contributed by atoms with Crippen LogP contribution in [0.3, 0.4) is 0 Å². The summed E-state index contributed by atoms with van der Waals surface area (Å²) in [7, 11) is 0. The Balaban J connectivity index is 1.83. The summed E-state index contributed by atoms with van der Waals surface area (Å²) in [6, 6.07) is 14.1. The number of benzene rings is 2. The van der Waals surface area contributed by atoms with Crippen LogP contribution in [0.25, 0.3) is 0 Å². The first-order chi connectivity index (χ1) is 11.8. The van der Waals surface area contributed by atoms with Gasteiger partial charge in [0.15, 0.2) is 0 Å². The summed E-state index contributed by atoms with van der Waals surface area (Å²) in [5.74, 6) is -1.02. The van der Waals surface area contributed by atoms with Crippen LogP contribution in [0.2, 0.25) is 0 Å². The minimum Gasteiger partial charge on any atom is -0.367 e. The normalized spacial score (nSPS) is 11.0. The van der Waals surface area contributed by atoms with E-state index in [1.165, 1.54) is 24.3 Å². The molecule has 0 aromatic heterocycles. The van der Waals surface area contributed by atoms with Crippen LogP contribution >= 0.6 is 0 Å². The van der Waals surface area contributed by atoms with Gasteiger partial charge in [0.05, 0.1) is 6.61 Å². The molecule has 2 rings (SSSR count). The first kappa shape index (κ1) is 18.5. The number of hydrogen-bond acceptors (Lipinski definition) is 3. The number of nitrogens with one attached hydrogen (secondary N) is 2. The van der Waals surface area contributed by atoms with Crippen LogP contribution < -0.4 is 10.9 Å². The van der Waals surface area contributed by atoms with Gasteiger partial charge in [0.2, 0.25) is 0 Å². The lowest BCUT2D eigenvalue weighted by Crippen LogP contribution is -2.41. The molecule has 2 amide bonds. The molecule has 8 heteroatoms. The third-order valence-electron chi connectivity index (χ3n) is 3.08. The molecule has 0 heterocycles. The molecule has 0 aliphatic heterocycles. The van der Waals surface area contributed by atoms with Crippen molar-refractivity contribution in [2.45, 2.75) is 12.8 Å². The van der Waals surface area contributed by atoms with Gasteiger partial charge in [-0.2, -0.15) is 13.2 Å². The maximum absolute atomic E-state index is 12.0. The fourth-order valence-corrected chi connectivity index (χ4v) is 1.88. The maximum Gasteiger partial charge on any atom is 0.411 e. The van der Waals surface area contributed by atoms with E-state index in [9.17, 15) is 22.8 Å². The van der Waals surface area contributed by atoms with Gasteiger partial charge in [0, 0.05) is 11.1 Å². The van der Waals surface area contributed by atoms with E-state index in [0.717, 1.165) is 0 Å². The monoisotopic (exact) mass is 352 g/mol. The first-order valence-electron chi connectivity index (χ1n) is 7.24. The van der Waals surface area contributed by atoms with Crippen LogP contribution in [0, 0.1) is 0 Å². The quantitative estimate of drug-likeness (QED) is 0.813. The minimum absolute atomic E-state index is 0.216. The molecule has 0 aliphatic carbocycles. The van der Waals surface area contributed by atoms with E-state index in [-0.39, 0.29) is 12.2 Å². The van der Waals surface area contributed by atoms with Crippen molar-refractivity contribution < 1.29 is 27.5 Å². The highest BCUT2D eigenvalue weighted by Crippen LogP contribution is 2.15. The molecule has 0 radical (unpaired) electrons. The smallest absolute Gasteiger partial charge is 0.367 e. The Hall–Kier alpha value is -2.87. The van der Waals surface area contributed by atoms with Crippen LogP contribution in [0.1, 0.15) is 26.3 Å².